The van der Waals surface area contributed by atoms with Crippen molar-refractivity contribution in [1.29, 1.82) is 0 Å². The molecule has 0 bridgehead atoms. The summed E-state index contributed by atoms with van der Waals surface area (Å²) in [6.07, 6.45) is 1.35. The number of halogens is 1. The van der Waals surface area contributed by atoms with Crippen LogP contribution in [0, 0.1) is 5.82 Å². The van der Waals surface area contributed by atoms with Crippen molar-refractivity contribution in [3.63, 3.8) is 0 Å². The van der Waals surface area contributed by atoms with Crippen LogP contribution in [0.1, 0.15) is 18.4 Å². The highest BCUT2D eigenvalue weighted by Gasteiger charge is 2.34. The zero-order valence-electron chi connectivity index (χ0n) is 15.1. The molecule has 0 aliphatic carbocycles. The van der Waals surface area contributed by atoms with Gasteiger partial charge in [-0.1, -0.05) is 6.07 Å². The number of anilines is 1. The van der Waals surface area contributed by atoms with Crippen molar-refractivity contribution in [2.45, 2.75) is 25.4 Å². The van der Waals surface area contributed by atoms with Gasteiger partial charge < -0.3 is 25.0 Å². The van der Waals surface area contributed by atoms with E-state index in [9.17, 15) is 14.0 Å². The monoisotopic (exact) mass is 385 g/mol. The Balaban J connectivity index is 1.35. The van der Waals surface area contributed by atoms with Gasteiger partial charge in [0.05, 0.1) is 0 Å². The third kappa shape index (κ3) is 3.85. The summed E-state index contributed by atoms with van der Waals surface area (Å²) in [5.41, 5.74) is 1.37. The summed E-state index contributed by atoms with van der Waals surface area (Å²) in [5.74, 6) is 0.770. The number of benzene rings is 2. The zero-order valence-corrected chi connectivity index (χ0v) is 15.1. The molecule has 28 heavy (non-hydrogen) atoms. The van der Waals surface area contributed by atoms with Crippen molar-refractivity contribution < 1.29 is 23.5 Å². The van der Waals surface area contributed by atoms with E-state index in [0.29, 0.717) is 36.7 Å². The Bertz CT molecular complexity index is 888. The predicted octanol–water partition coefficient (Wildman–Crippen LogP) is 2.87. The normalized spacial score (nSPS) is 17.5. The maximum Gasteiger partial charge on any atom is 0.322 e. The van der Waals surface area contributed by atoms with Crippen LogP contribution in [-0.4, -0.2) is 36.2 Å². The smallest absolute Gasteiger partial charge is 0.322 e. The summed E-state index contributed by atoms with van der Waals surface area (Å²) in [4.78, 5) is 26.7. The summed E-state index contributed by atoms with van der Waals surface area (Å²) >= 11 is 0. The molecule has 1 atom stereocenters. The predicted molar refractivity (Wildman–Crippen MR) is 99.6 cm³/mol. The number of hydrogen-bond acceptors (Lipinski definition) is 4. The van der Waals surface area contributed by atoms with Crippen molar-refractivity contribution in [3.05, 3.63) is 53.8 Å². The number of carbonyl (C=O) groups excluding carboxylic acids is 2. The van der Waals surface area contributed by atoms with Crippen LogP contribution in [0.4, 0.5) is 14.9 Å². The first-order chi connectivity index (χ1) is 13.6. The van der Waals surface area contributed by atoms with Crippen molar-refractivity contribution in [1.82, 2.24) is 10.2 Å². The Hall–Kier alpha value is -3.29. The molecule has 0 saturated carbocycles. The van der Waals surface area contributed by atoms with Gasteiger partial charge in [0.15, 0.2) is 11.5 Å². The topological polar surface area (TPSA) is 79.9 Å². The minimum atomic E-state index is -0.533. The Kier molecular flexibility index (Phi) is 5.01. The summed E-state index contributed by atoms with van der Waals surface area (Å²) in [7, 11) is 0. The third-order valence-corrected chi connectivity index (χ3v) is 4.82. The van der Waals surface area contributed by atoms with E-state index in [1.165, 1.54) is 29.2 Å². The van der Waals surface area contributed by atoms with Crippen LogP contribution in [0.15, 0.2) is 42.5 Å². The van der Waals surface area contributed by atoms with E-state index in [1.54, 1.807) is 0 Å². The maximum absolute atomic E-state index is 13.0. The summed E-state index contributed by atoms with van der Waals surface area (Å²) in [6, 6.07) is 10.1. The quantitative estimate of drug-likeness (QED) is 0.848. The number of hydrogen-bond donors (Lipinski definition) is 2. The molecule has 3 amide bonds. The number of likely N-dealkylation sites (tertiary alicyclic amines) is 1. The van der Waals surface area contributed by atoms with Gasteiger partial charge >= 0.3 is 6.03 Å². The SMILES string of the molecule is O=C(NCc1ccc2c(c1)OCO2)[C@H]1CCCN1C(=O)Nc1ccc(F)cc1. The molecule has 0 unspecified atom stereocenters. The fourth-order valence-corrected chi connectivity index (χ4v) is 3.37. The molecule has 2 N–H and O–H groups in total. The summed E-state index contributed by atoms with van der Waals surface area (Å²) in [5, 5.41) is 5.59. The molecule has 0 spiro atoms. The number of nitrogens with one attached hydrogen (secondary N) is 2. The molecular weight excluding hydrogens is 365 g/mol. The Morgan fingerprint density at radius 1 is 1.11 bits per heavy atom. The third-order valence-electron chi connectivity index (χ3n) is 4.82. The van der Waals surface area contributed by atoms with Gasteiger partial charge in [-0.2, -0.15) is 0 Å². The van der Waals surface area contributed by atoms with Crippen molar-refractivity contribution in [2.24, 2.45) is 0 Å². The second-order valence-electron chi connectivity index (χ2n) is 6.69. The Labute approximate surface area is 161 Å². The fraction of sp³-hybridized carbons (Fsp3) is 0.300. The molecule has 2 aromatic rings. The lowest BCUT2D eigenvalue weighted by molar-refractivity contribution is -0.124. The number of ether oxygens (including phenoxy) is 2. The van der Waals surface area contributed by atoms with Crippen molar-refractivity contribution in [3.8, 4) is 11.5 Å². The largest absolute Gasteiger partial charge is 0.454 e. The molecular formula is C20H20FN3O4. The minimum absolute atomic E-state index is 0.200. The molecule has 1 fully saturated rings. The molecule has 1 saturated heterocycles. The number of rotatable bonds is 4. The second-order valence-corrected chi connectivity index (χ2v) is 6.69. The van der Waals surface area contributed by atoms with Gasteiger partial charge in [-0.3, -0.25) is 4.79 Å². The van der Waals surface area contributed by atoms with Gasteiger partial charge in [0.2, 0.25) is 12.7 Å². The number of carbonyl (C=O) groups is 2. The number of fused-ring (bicyclic) bond motifs is 1. The Morgan fingerprint density at radius 3 is 2.71 bits per heavy atom. The molecule has 0 aromatic heterocycles. The van der Waals surface area contributed by atoms with Crippen LogP contribution in [0.2, 0.25) is 0 Å². The van der Waals surface area contributed by atoms with Crippen LogP contribution in [-0.2, 0) is 11.3 Å². The van der Waals surface area contributed by atoms with Crippen LogP contribution < -0.4 is 20.1 Å². The first-order valence-corrected chi connectivity index (χ1v) is 9.09. The second kappa shape index (κ2) is 7.75. The van der Waals surface area contributed by atoms with Crippen LogP contribution >= 0.6 is 0 Å². The number of urea groups is 1. The lowest BCUT2D eigenvalue weighted by Crippen LogP contribution is -2.47. The fourth-order valence-electron chi connectivity index (χ4n) is 3.37. The van der Waals surface area contributed by atoms with E-state index >= 15 is 0 Å². The molecule has 4 rings (SSSR count). The van der Waals surface area contributed by atoms with E-state index in [2.05, 4.69) is 10.6 Å². The van der Waals surface area contributed by atoms with Crippen molar-refractivity contribution in [2.75, 3.05) is 18.7 Å². The Morgan fingerprint density at radius 2 is 1.89 bits per heavy atom. The van der Waals surface area contributed by atoms with Crippen LogP contribution in [0.3, 0.4) is 0 Å². The van der Waals surface area contributed by atoms with E-state index in [0.717, 1.165) is 12.0 Å². The molecule has 2 heterocycles. The lowest BCUT2D eigenvalue weighted by atomic mass is 10.1. The summed E-state index contributed by atoms with van der Waals surface area (Å²) < 4.78 is 23.6. The van der Waals surface area contributed by atoms with Crippen molar-refractivity contribution >= 4 is 17.6 Å². The number of nitrogens with zero attached hydrogens (tertiary/aromatic N) is 1. The van der Waals surface area contributed by atoms with Crippen LogP contribution in [0.25, 0.3) is 0 Å². The van der Waals surface area contributed by atoms with Gasteiger partial charge in [0.25, 0.3) is 0 Å². The molecule has 8 heteroatoms. The molecule has 146 valence electrons. The lowest BCUT2D eigenvalue weighted by Gasteiger charge is -2.24. The highest BCUT2D eigenvalue weighted by molar-refractivity contribution is 5.94. The van der Waals surface area contributed by atoms with Crippen LogP contribution in [0.5, 0.6) is 11.5 Å². The minimum Gasteiger partial charge on any atom is -0.454 e. The van der Waals surface area contributed by atoms with Gasteiger partial charge in [0, 0.05) is 18.8 Å². The van der Waals surface area contributed by atoms with Gasteiger partial charge in [-0.15, -0.1) is 0 Å². The molecule has 2 aliphatic heterocycles. The van der Waals surface area contributed by atoms with E-state index in [-0.39, 0.29) is 24.5 Å². The maximum atomic E-state index is 13.0. The highest BCUT2D eigenvalue weighted by atomic mass is 19.1. The van der Waals surface area contributed by atoms with E-state index < -0.39 is 6.04 Å². The summed E-state index contributed by atoms with van der Waals surface area (Å²) in [6.45, 7) is 1.03. The standard InChI is InChI=1S/C20H20FN3O4/c21-14-4-6-15(7-5-14)23-20(26)24-9-1-2-16(24)19(25)22-11-13-3-8-17-18(10-13)28-12-27-17/h3-8,10,16H,1-2,9,11-12H2,(H,22,25)(H,23,26)/t16-/m1/s1. The molecule has 2 aliphatic rings. The van der Waals surface area contributed by atoms with Gasteiger partial charge in [0.1, 0.15) is 11.9 Å². The highest BCUT2D eigenvalue weighted by Crippen LogP contribution is 2.32. The first kappa shape index (κ1) is 18.1. The average Bonchev–Trinajstić information content (AvgIpc) is 3.36. The average molecular weight is 385 g/mol. The van der Waals surface area contributed by atoms with E-state index in [4.69, 9.17) is 9.47 Å². The number of amides is 3. The van der Waals surface area contributed by atoms with Gasteiger partial charge in [-0.05, 0) is 54.8 Å². The zero-order chi connectivity index (χ0) is 19.5. The van der Waals surface area contributed by atoms with E-state index in [1.807, 2.05) is 18.2 Å². The molecule has 2 aromatic carbocycles. The molecule has 0 radical (unpaired) electrons. The van der Waals surface area contributed by atoms with Gasteiger partial charge in [-0.25, -0.2) is 9.18 Å². The first-order valence-electron chi connectivity index (χ1n) is 9.09. The molecule has 7 nitrogen and oxygen atoms in total.